The summed E-state index contributed by atoms with van der Waals surface area (Å²) >= 11 is 0. The van der Waals surface area contributed by atoms with Crippen LogP contribution in [0.15, 0.2) is 42.7 Å². The van der Waals surface area contributed by atoms with Crippen LogP contribution < -0.4 is 16.8 Å². The summed E-state index contributed by atoms with van der Waals surface area (Å²) in [5, 5.41) is 3.06. The number of benzene rings is 2. The maximum absolute atomic E-state index is 13.9. The average molecular weight is 399 g/mol. The van der Waals surface area contributed by atoms with Crippen LogP contribution >= 0.6 is 0 Å². The highest BCUT2D eigenvalue weighted by Crippen LogP contribution is 2.30. The Morgan fingerprint density at radius 1 is 0.966 bits per heavy atom. The first-order valence-electron chi connectivity index (χ1n) is 8.60. The molecule has 10 heteroatoms. The van der Waals surface area contributed by atoms with Crippen molar-refractivity contribution >= 4 is 28.4 Å². The Labute approximate surface area is 163 Å². The van der Waals surface area contributed by atoms with Gasteiger partial charge in [-0.2, -0.15) is 0 Å². The quantitative estimate of drug-likeness (QED) is 0.484. The van der Waals surface area contributed by atoms with Gasteiger partial charge in [0, 0.05) is 12.1 Å². The Kier molecular flexibility index (Phi) is 4.45. The van der Waals surface area contributed by atoms with Gasteiger partial charge in [0.1, 0.15) is 35.3 Å². The maximum atomic E-state index is 13.9. The van der Waals surface area contributed by atoms with E-state index in [1.807, 2.05) is 0 Å². The summed E-state index contributed by atoms with van der Waals surface area (Å²) < 4.78 is 43.1. The second-order valence-corrected chi connectivity index (χ2v) is 6.45. The van der Waals surface area contributed by atoms with Crippen molar-refractivity contribution in [1.82, 2.24) is 19.5 Å². The molecule has 29 heavy (non-hydrogen) atoms. The Morgan fingerprint density at radius 2 is 1.69 bits per heavy atom. The van der Waals surface area contributed by atoms with Gasteiger partial charge in [0.25, 0.3) is 0 Å². The fourth-order valence-corrected chi connectivity index (χ4v) is 3.09. The van der Waals surface area contributed by atoms with E-state index in [9.17, 15) is 13.2 Å². The smallest absolute Gasteiger partial charge is 0.155 e. The number of fused-ring (bicyclic) bond motifs is 1. The number of nitrogen functional groups attached to an aromatic ring is 2. The molecule has 2 heterocycles. The first kappa shape index (κ1) is 18.5. The lowest BCUT2D eigenvalue weighted by atomic mass is 10.2. The van der Waals surface area contributed by atoms with Gasteiger partial charge in [-0.25, -0.2) is 28.1 Å². The van der Waals surface area contributed by atoms with E-state index >= 15 is 0 Å². The summed E-state index contributed by atoms with van der Waals surface area (Å²) in [4.78, 5) is 12.4. The molecule has 4 aromatic rings. The van der Waals surface area contributed by atoms with Crippen molar-refractivity contribution in [2.45, 2.75) is 13.0 Å². The fourth-order valence-electron chi connectivity index (χ4n) is 3.09. The highest BCUT2D eigenvalue weighted by molar-refractivity contribution is 5.79. The van der Waals surface area contributed by atoms with Gasteiger partial charge in [0.05, 0.1) is 22.8 Å². The van der Waals surface area contributed by atoms with Crippen molar-refractivity contribution in [1.29, 1.82) is 0 Å². The molecule has 0 fully saturated rings. The molecule has 4 rings (SSSR count). The van der Waals surface area contributed by atoms with Crippen LogP contribution in [0.4, 0.5) is 30.5 Å². The van der Waals surface area contributed by atoms with Gasteiger partial charge < -0.3 is 16.8 Å². The standard InChI is InChI=1S/C19H16F3N7/c1-9(27-18-16(23)17(24)25-8-26-18)19-28-14-3-2-10(20)7-15(14)29(19)13-5-11(21)4-12(22)6-13/h2-9H,23H2,1H3,(H3,24,25,26,27). The number of hydrogen-bond donors (Lipinski definition) is 3. The van der Waals surface area contributed by atoms with Crippen molar-refractivity contribution in [3.63, 3.8) is 0 Å². The number of hydrogen-bond acceptors (Lipinski definition) is 6. The third-order valence-corrected chi connectivity index (χ3v) is 4.40. The van der Waals surface area contributed by atoms with Gasteiger partial charge >= 0.3 is 0 Å². The molecule has 1 unspecified atom stereocenters. The Balaban J connectivity index is 1.88. The lowest BCUT2D eigenvalue weighted by Gasteiger charge is -2.18. The number of nitrogens with one attached hydrogen (secondary N) is 1. The second kappa shape index (κ2) is 6.97. The number of anilines is 3. The minimum atomic E-state index is -0.766. The monoisotopic (exact) mass is 399 g/mol. The number of imidazole rings is 1. The van der Waals surface area contributed by atoms with Crippen molar-refractivity contribution in [3.8, 4) is 5.69 Å². The van der Waals surface area contributed by atoms with Crippen LogP contribution in [-0.4, -0.2) is 19.5 Å². The average Bonchev–Trinajstić information content (AvgIpc) is 3.03. The number of rotatable bonds is 4. The Morgan fingerprint density at radius 3 is 2.41 bits per heavy atom. The van der Waals surface area contributed by atoms with E-state index in [1.54, 1.807) is 6.92 Å². The third-order valence-electron chi connectivity index (χ3n) is 4.40. The number of nitrogens with zero attached hydrogens (tertiary/aromatic N) is 4. The minimum Gasteiger partial charge on any atom is -0.393 e. The molecule has 1 atom stereocenters. The molecule has 2 aromatic heterocycles. The van der Waals surface area contributed by atoms with E-state index in [0.717, 1.165) is 18.2 Å². The van der Waals surface area contributed by atoms with Crippen LogP contribution in [0.2, 0.25) is 0 Å². The molecule has 0 bridgehead atoms. The molecule has 0 spiro atoms. The van der Waals surface area contributed by atoms with E-state index in [2.05, 4.69) is 20.3 Å². The van der Waals surface area contributed by atoms with E-state index in [1.165, 1.54) is 29.1 Å². The van der Waals surface area contributed by atoms with E-state index < -0.39 is 23.5 Å². The van der Waals surface area contributed by atoms with E-state index in [0.29, 0.717) is 16.9 Å². The normalized spacial score (nSPS) is 12.3. The largest absolute Gasteiger partial charge is 0.393 e. The van der Waals surface area contributed by atoms with Crippen molar-refractivity contribution in [2.75, 3.05) is 16.8 Å². The van der Waals surface area contributed by atoms with Gasteiger partial charge in [-0.15, -0.1) is 0 Å². The second-order valence-electron chi connectivity index (χ2n) is 6.45. The summed E-state index contributed by atoms with van der Waals surface area (Å²) in [5.74, 6) is -1.28. The van der Waals surface area contributed by atoms with Crippen molar-refractivity contribution < 1.29 is 13.2 Å². The third kappa shape index (κ3) is 3.40. The van der Waals surface area contributed by atoms with Crippen LogP contribution in [0.5, 0.6) is 0 Å². The number of nitrogens with two attached hydrogens (primary N) is 2. The van der Waals surface area contributed by atoms with Crippen LogP contribution in [0.25, 0.3) is 16.7 Å². The number of aromatic nitrogens is 4. The van der Waals surface area contributed by atoms with Gasteiger partial charge in [0.2, 0.25) is 0 Å². The predicted octanol–water partition coefficient (Wildman–Crippen LogP) is 3.57. The molecule has 0 saturated heterocycles. The molecule has 0 radical (unpaired) electrons. The molecular weight excluding hydrogens is 383 g/mol. The van der Waals surface area contributed by atoms with Crippen LogP contribution in [0.1, 0.15) is 18.8 Å². The molecule has 0 saturated carbocycles. The van der Waals surface area contributed by atoms with Crippen LogP contribution in [0, 0.1) is 17.5 Å². The van der Waals surface area contributed by atoms with Crippen molar-refractivity contribution in [2.24, 2.45) is 0 Å². The van der Waals surface area contributed by atoms with E-state index in [4.69, 9.17) is 11.5 Å². The molecule has 0 aliphatic rings. The molecule has 7 nitrogen and oxygen atoms in total. The van der Waals surface area contributed by atoms with Gasteiger partial charge in [-0.05, 0) is 31.2 Å². The zero-order valence-electron chi connectivity index (χ0n) is 15.2. The highest BCUT2D eigenvalue weighted by Gasteiger charge is 2.21. The van der Waals surface area contributed by atoms with Crippen molar-refractivity contribution in [3.05, 3.63) is 66.0 Å². The van der Waals surface area contributed by atoms with Gasteiger partial charge in [-0.1, -0.05) is 0 Å². The zero-order chi connectivity index (χ0) is 20.7. The lowest BCUT2D eigenvalue weighted by molar-refractivity contribution is 0.581. The fraction of sp³-hybridized carbons (Fsp3) is 0.105. The summed E-state index contributed by atoms with van der Waals surface area (Å²) in [6.45, 7) is 1.75. The first-order valence-corrected chi connectivity index (χ1v) is 8.60. The maximum Gasteiger partial charge on any atom is 0.155 e. The highest BCUT2D eigenvalue weighted by atomic mass is 19.1. The summed E-state index contributed by atoms with van der Waals surface area (Å²) in [5.41, 5.74) is 12.7. The summed E-state index contributed by atoms with van der Waals surface area (Å²) in [6, 6.07) is 6.51. The first-order chi connectivity index (χ1) is 13.8. The Bertz CT molecular complexity index is 1200. The Hall–Kier alpha value is -3.82. The topological polar surface area (TPSA) is 108 Å². The molecule has 5 N–H and O–H groups in total. The number of halogens is 3. The van der Waals surface area contributed by atoms with Crippen LogP contribution in [0.3, 0.4) is 0 Å². The van der Waals surface area contributed by atoms with Gasteiger partial charge in [0.15, 0.2) is 11.6 Å². The zero-order valence-corrected chi connectivity index (χ0v) is 15.2. The van der Waals surface area contributed by atoms with E-state index in [-0.39, 0.29) is 23.0 Å². The predicted molar refractivity (Wildman–Crippen MR) is 104 cm³/mol. The molecule has 148 valence electrons. The SMILES string of the molecule is CC(Nc1ncnc(N)c1N)c1nc2ccc(F)cc2n1-c1cc(F)cc(F)c1. The molecule has 0 amide bonds. The lowest BCUT2D eigenvalue weighted by Crippen LogP contribution is -2.16. The van der Waals surface area contributed by atoms with Gasteiger partial charge in [-0.3, -0.25) is 4.57 Å². The minimum absolute atomic E-state index is 0.109. The molecule has 2 aromatic carbocycles. The summed E-state index contributed by atoms with van der Waals surface area (Å²) in [6.07, 6.45) is 1.25. The molecule has 0 aliphatic carbocycles. The van der Waals surface area contributed by atoms with Crippen LogP contribution in [-0.2, 0) is 0 Å². The molecule has 0 aliphatic heterocycles. The molecular formula is C19H16F3N7. The summed E-state index contributed by atoms with van der Waals surface area (Å²) in [7, 11) is 0.